The molecule has 1 amide bonds. The van der Waals surface area contributed by atoms with Crippen LogP contribution in [0.2, 0.25) is 0 Å². The Morgan fingerprint density at radius 1 is 1.29 bits per heavy atom. The highest BCUT2D eigenvalue weighted by molar-refractivity contribution is 7.21. The van der Waals surface area contributed by atoms with Crippen LogP contribution in [-0.2, 0) is 6.54 Å². The molecule has 106 valence electrons. The van der Waals surface area contributed by atoms with Gasteiger partial charge in [0.1, 0.15) is 10.7 Å². The fraction of sp³-hybridized carbons (Fsp3) is 0.0667. The molecule has 0 aliphatic carbocycles. The summed E-state index contributed by atoms with van der Waals surface area (Å²) in [5.74, 6) is -0.538. The number of pyridine rings is 1. The minimum atomic E-state index is -0.300. The summed E-state index contributed by atoms with van der Waals surface area (Å²) in [6.45, 7) is 0.324. The average molecular weight is 301 g/mol. The molecule has 4 nitrogen and oxygen atoms in total. The Labute approximate surface area is 124 Å². The molecule has 0 bridgehead atoms. The van der Waals surface area contributed by atoms with Crippen molar-refractivity contribution in [3.05, 3.63) is 59.0 Å². The number of fused-ring (bicyclic) bond motifs is 1. The molecule has 0 radical (unpaired) electrons. The third-order valence-electron chi connectivity index (χ3n) is 3.10. The summed E-state index contributed by atoms with van der Waals surface area (Å²) in [4.78, 5) is 16.7. The van der Waals surface area contributed by atoms with Gasteiger partial charge in [-0.05, 0) is 23.8 Å². The first-order chi connectivity index (χ1) is 10.1. The molecule has 0 fully saturated rings. The highest BCUT2D eigenvalue weighted by Crippen LogP contribution is 2.32. The van der Waals surface area contributed by atoms with E-state index in [4.69, 9.17) is 5.73 Å². The summed E-state index contributed by atoms with van der Waals surface area (Å²) in [5.41, 5.74) is 7.29. The van der Waals surface area contributed by atoms with Crippen LogP contribution >= 0.6 is 11.3 Å². The van der Waals surface area contributed by atoms with Gasteiger partial charge in [0.05, 0.1) is 10.4 Å². The standard InChI is InChI=1S/C15H12FN3OS/c16-10-3-1-9(2-4-10)7-19-15(20)14-13(17)11-5-6-18-8-12(11)21-14/h1-6,8H,7,17H2,(H,19,20). The van der Waals surface area contributed by atoms with Crippen LogP contribution in [0.15, 0.2) is 42.7 Å². The molecule has 0 spiro atoms. The number of thiophene rings is 1. The third kappa shape index (κ3) is 2.71. The zero-order chi connectivity index (χ0) is 14.8. The van der Waals surface area contributed by atoms with Gasteiger partial charge in [0, 0.05) is 24.3 Å². The summed E-state index contributed by atoms with van der Waals surface area (Å²) < 4.78 is 13.7. The maximum absolute atomic E-state index is 12.8. The van der Waals surface area contributed by atoms with Crippen molar-refractivity contribution in [2.24, 2.45) is 0 Å². The van der Waals surface area contributed by atoms with Crippen molar-refractivity contribution in [3.8, 4) is 0 Å². The summed E-state index contributed by atoms with van der Waals surface area (Å²) in [6, 6.07) is 7.78. The molecule has 0 aliphatic heterocycles. The van der Waals surface area contributed by atoms with Crippen LogP contribution in [0.4, 0.5) is 10.1 Å². The molecule has 2 heterocycles. The van der Waals surface area contributed by atoms with Gasteiger partial charge < -0.3 is 11.1 Å². The fourth-order valence-electron chi connectivity index (χ4n) is 2.00. The Kier molecular flexibility index (Phi) is 3.53. The molecule has 0 atom stereocenters. The Morgan fingerprint density at radius 3 is 2.76 bits per heavy atom. The Bertz CT molecular complexity index is 798. The van der Waals surface area contributed by atoms with Gasteiger partial charge >= 0.3 is 0 Å². The molecule has 0 aliphatic rings. The molecule has 0 saturated heterocycles. The number of amides is 1. The second-order valence-electron chi connectivity index (χ2n) is 4.53. The van der Waals surface area contributed by atoms with Crippen molar-refractivity contribution in [3.63, 3.8) is 0 Å². The number of carbonyl (C=O) groups excluding carboxylic acids is 1. The highest BCUT2D eigenvalue weighted by atomic mass is 32.1. The number of aromatic nitrogens is 1. The maximum atomic E-state index is 12.8. The van der Waals surface area contributed by atoms with Gasteiger partial charge in [-0.3, -0.25) is 9.78 Å². The van der Waals surface area contributed by atoms with Crippen LogP contribution in [0.3, 0.4) is 0 Å². The van der Waals surface area contributed by atoms with Crippen LogP contribution in [0.5, 0.6) is 0 Å². The van der Waals surface area contributed by atoms with E-state index in [0.717, 1.165) is 15.6 Å². The lowest BCUT2D eigenvalue weighted by molar-refractivity contribution is 0.0956. The molecular weight excluding hydrogens is 289 g/mol. The number of halogens is 1. The normalized spacial score (nSPS) is 10.7. The molecule has 1 aromatic carbocycles. The monoisotopic (exact) mass is 301 g/mol. The van der Waals surface area contributed by atoms with Crippen LogP contribution < -0.4 is 11.1 Å². The van der Waals surface area contributed by atoms with Crippen molar-refractivity contribution in [2.45, 2.75) is 6.54 Å². The first-order valence-electron chi connectivity index (χ1n) is 6.30. The van der Waals surface area contributed by atoms with E-state index >= 15 is 0 Å². The maximum Gasteiger partial charge on any atom is 0.263 e. The lowest BCUT2D eigenvalue weighted by Gasteiger charge is -2.04. The van der Waals surface area contributed by atoms with E-state index < -0.39 is 0 Å². The van der Waals surface area contributed by atoms with Gasteiger partial charge in [0.25, 0.3) is 5.91 Å². The number of rotatable bonds is 3. The smallest absolute Gasteiger partial charge is 0.263 e. The number of benzene rings is 1. The molecule has 6 heteroatoms. The van der Waals surface area contributed by atoms with Crippen LogP contribution in [0.1, 0.15) is 15.2 Å². The van der Waals surface area contributed by atoms with Crippen LogP contribution in [-0.4, -0.2) is 10.9 Å². The highest BCUT2D eigenvalue weighted by Gasteiger charge is 2.15. The van der Waals surface area contributed by atoms with Gasteiger partial charge in [-0.15, -0.1) is 11.3 Å². The number of anilines is 1. The number of carbonyl (C=O) groups is 1. The molecular formula is C15H12FN3OS. The predicted octanol–water partition coefficient (Wildman–Crippen LogP) is 2.95. The fourth-order valence-corrected chi connectivity index (χ4v) is 3.01. The predicted molar refractivity (Wildman–Crippen MR) is 81.6 cm³/mol. The minimum Gasteiger partial charge on any atom is -0.397 e. The number of hydrogen-bond donors (Lipinski definition) is 2. The van der Waals surface area contributed by atoms with Gasteiger partial charge in [0.2, 0.25) is 0 Å². The minimum absolute atomic E-state index is 0.238. The number of nitrogens with one attached hydrogen (secondary N) is 1. The topological polar surface area (TPSA) is 68.0 Å². The summed E-state index contributed by atoms with van der Waals surface area (Å²) >= 11 is 1.31. The van der Waals surface area contributed by atoms with E-state index in [2.05, 4.69) is 10.3 Å². The largest absolute Gasteiger partial charge is 0.397 e. The summed E-state index contributed by atoms with van der Waals surface area (Å²) in [5, 5.41) is 3.62. The van der Waals surface area contributed by atoms with E-state index in [1.165, 1.54) is 23.5 Å². The van der Waals surface area contributed by atoms with Crippen molar-refractivity contribution < 1.29 is 9.18 Å². The number of nitrogens with zero attached hydrogens (tertiary/aromatic N) is 1. The molecule has 2 aromatic heterocycles. The quantitative estimate of drug-likeness (QED) is 0.781. The Hall–Kier alpha value is -2.47. The zero-order valence-corrected chi connectivity index (χ0v) is 11.8. The zero-order valence-electron chi connectivity index (χ0n) is 11.0. The molecule has 0 saturated carbocycles. The first kappa shape index (κ1) is 13.5. The average Bonchev–Trinajstić information content (AvgIpc) is 2.84. The van der Waals surface area contributed by atoms with Crippen molar-refractivity contribution >= 4 is 33.0 Å². The van der Waals surface area contributed by atoms with E-state index in [1.54, 1.807) is 30.6 Å². The number of nitrogens with two attached hydrogens (primary N) is 1. The van der Waals surface area contributed by atoms with E-state index in [-0.39, 0.29) is 11.7 Å². The SMILES string of the molecule is Nc1c(C(=O)NCc2ccc(F)cc2)sc2cnccc12. The van der Waals surface area contributed by atoms with E-state index in [9.17, 15) is 9.18 Å². The lowest BCUT2D eigenvalue weighted by atomic mass is 10.2. The molecule has 3 aromatic rings. The number of nitrogen functional groups attached to an aromatic ring is 1. The Morgan fingerprint density at radius 2 is 2.05 bits per heavy atom. The van der Waals surface area contributed by atoms with Crippen LogP contribution in [0, 0.1) is 5.82 Å². The van der Waals surface area contributed by atoms with Gasteiger partial charge in [-0.2, -0.15) is 0 Å². The molecule has 0 unspecified atom stereocenters. The second-order valence-corrected chi connectivity index (χ2v) is 5.58. The summed E-state index contributed by atoms with van der Waals surface area (Å²) in [6.07, 6.45) is 3.33. The lowest BCUT2D eigenvalue weighted by Crippen LogP contribution is -2.22. The van der Waals surface area contributed by atoms with Crippen molar-refractivity contribution in [1.82, 2.24) is 10.3 Å². The van der Waals surface area contributed by atoms with Crippen molar-refractivity contribution in [1.29, 1.82) is 0 Å². The van der Waals surface area contributed by atoms with Crippen molar-refractivity contribution in [2.75, 3.05) is 5.73 Å². The molecule has 3 rings (SSSR count). The van der Waals surface area contributed by atoms with E-state index in [0.29, 0.717) is 17.1 Å². The summed E-state index contributed by atoms with van der Waals surface area (Å²) in [7, 11) is 0. The van der Waals surface area contributed by atoms with Crippen LogP contribution in [0.25, 0.3) is 10.1 Å². The third-order valence-corrected chi connectivity index (χ3v) is 4.26. The molecule has 3 N–H and O–H groups in total. The first-order valence-corrected chi connectivity index (χ1v) is 7.11. The second kappa shape index (κ2) is 5.49. The molecule has 21 heavy (non-hydrogen) atoms. The number of hydrogen-bond acceptors (Lipinski definition) is 4. The van der Waals surface area contributed by atoms with Gasteiger partial charge in [-0.1, -0.05) is 12.1 Å². The Balaban J connectivity index is 1.78. The van der Waals surface area contributed by atoms with Gasteiger partial charge in [-0.25, -0.2) is 4.39 Å². The van der Waals surface area contributed by atoms with Gasteiger partial charge in [0.15, 0.2) is 0 Å². The van der Waals surface area contributed by atoms with E-state index in [1.807, 2.05) is 0 Å².